The van der Waals surface area contributed by atoms with Crippen molar-refractivity contribution in [2.45, 2.75) is 5.38 Å². The maximum atomic E-state index is 14.1. The third-order valence-electron chi connectivity index (χ3n) is 3.11. The van der Waals surface area contributed by atoms with Gasteiger partial charge < -0.3 is 5.11 Å². The zero-order valence-corrected chi connectivity index (χ0v) is 12.5. The van der Waals surface area contributed by atoms with Crippen LogP contribution in [0.2, 0.25) is 5.02 Å². The molecular weight excluding hydrogens is 358 g/mol. The van der Waals surface area contributed by atoms with Crippen LogP contribution >= 0.6 is 23.2 Å². The van der Waals surface area contributed by atoms with Gasteiger partial charge in [-0.1, -0.05) is 11.6 Å². The van der Waals surface area contributed by atoms with E-state index in [1.165, 1.54) is 0 Å². The molecule has 3 aromatic rings. The Hall–Kier alpha value is -2.19. The lowest BCUT2D eigenvalue weighted by Gasteiger charge is -2.15. The summed E-state index contributed by atoms with van der Waals surface area (Å²) in [6, 6.07) is 2.25. The minimum absolute atomic E-state index is 0.262. The van der Waals surface area contributed by atoms with E-state index in [1.807, 2.05) is 0 Å². The molecule has 0 aliphatic heterocycles. The molecule has 0 spiro atoms. The highest BCUT2D eigenvalue weighted by molar-refractivity contribution is 6.32. The Morgan fingerprint density at radius 1 is 1.26 bits per heavy atom. The number of aromatic hydroxyl groups is 1. The van der Waals surface area contributed by atoms with Gasteiger partial charge in [-0.15, -0.1) is 0 Å². The van der Waals surface area contributed by atoms with Crippen LogP contribution in [0.5, 0.6) is 5.75 Å². The number of hydrogen-bond donors (Lipinski definition) is 1. The van der Waals surface area contributed by atoms with Crippen LogP contribution in [0.15, 0.2) is 35.4 Å². The summed E-state index contributed by atoms with van der Waals surface area (Å²) < 4.78 is 42.5. The molecule has 0 aliphatic carbocycles. The van der Waals surface area contributed by atoms with Gasteiger partial charge in [0.05, 0.1) is 10.7 Å². The number of phenols is 1. The quantitative estimate of drug-likeness (QED) is 0.710. The van der Waals surface area contributed by atoms with Crippen LogP contribution in [0, 0.1) is 5.82 Å². The van der Waals surface area contributed by atoms with Gasteiger partial charge in [0, 0.05) is 24.5 Å². The molecule has 0 saturated heterocycles. The van der Waals surface area contributed by atoms with Crippen molar-refractivity contribution in [2.24, 2.45) is 0 Å². The van der Waals surface area contributed by atoms with Crippen LogP contribution in [0.25, 0.3) is 11.5 Å². The molecule has 0 saturated carbocycles. The number of halogens is 5. The molecule has 1 aromatic carbocycles. The Kier molecular flexibility index (Phi) is 3.53. The summed E-state index contributed by atoms with van der Waals surface area (Å²) >= 11 is 10.6. The van der Waals surface area contributed by atoms with Crippen molar-refractivity contribution >= 4 is 29.0 Å². The number of aromatic nitrogens is 3. The number of alkyl halides is 3. The molecule has 0 bridgehead atoms. The van der Waals surface area contributed by atoms with Crippen molar-refractivity contribution < 1.29 is 18.3 Å². The second kappa shape index (κ2) is 5.17. The predicted molar refractivity (Wildman–Crippen MR) is 77.2 cm³/mol. The summed E-state index contributed by atoms with van der Waals surface area (Å²) in [6.07, 6.45) is 2.29. The summed E-state index contributed by atoms with van der Waals surface area (Å²) in [5.41, 5.74) is -2.20. The Morgan fingerprint density at radius 3 is 2.61 bits per heavy atom. The van der Waals surface area contributed by atoms with E-state index in [-0.39, 0.29) is 10.8 Å². The highest BCUT2D eigenvalue weighted by atomic mass is 35.5. The first-order valence-electron chi connectivity index (χ1n) is 6.05. The van der Waals surface area contributed by atoms with E-state index >= 15 is 0 Å². The van der Waals surface area contributed by atoms with E-state index < -0.39 is 33.9 Å². The van der Waals surface area contributed by atoms with Crippen molar-refractivity contribution in [1.82, 2.24) is 14.0 Å². The van der Waals surface area contributed by atoms with Gasteiger partial charge in [0.2, 0.25) is 5.78 Å². The van der Waals surface area contributed by atoms with E-state index in [0.717, 1.165) is 33.5 Å². The second-order valence-electron chi connectivity index (χ2n) is 4.55. The molecule has 5 nitrogen and oxygen atoms in total. The van der Waals surface area contributed by atoms with Crippen LogP contribution in [-0.4, -0.2) is 19.1 Å². The Morgan fingerprint density at radius 2 is 1.96 bits per heavy atom. The maximum Gasteiger partial charge on any atom is 0.363 e. The zero-order valence-electron chi connectivity index (χ0n) is 11.0. The Bertz CT molecular complexity index is 979. The van der Waals surface area contributed by atoms with Gasteiger partial charge in [-0.3, -0.25) is 9.20 Å². The van der Waals surface area contributed by atoms with Gasteiger partial charge in [0.1, 0.15) is 17.3 Å². The van der Waals surface area contributed by atoms with Gasteiger partial charge in [-0.05, 0) is 17.7 Å². The van der Waals surface area contributed by atoms with Gasteiger partial charge in [-0.2, -0.15) is 8.78 Å². The molecule has 2 aromatic heterocycles. The molecule has 23 heavy (non-hydrogen) atoms. The fraction of sp³-hybridized carbons (Fsp3) is 0.0769. The smallest absolute Gasteiger partial charge is 0.363 e. The largest absolute Gasteiger partial charge is 0.506 e. The third-order valence-corrected chi connectivity index (χ3v) is 3.61. The van der Waals surface area contributed by atoms with E-state index in [0.29, 0.717) is 6.07 Å². The molecule has 0 unspecified atom stereocenters. The van der Waals surface area contributed by atoms with Gasteiger partial charge in [0.25, 0.3) is 5.56 Å². The molecular formula is C13H6Cl2F3N3O2. The monoisotopic (exact) mass is 363 g/mol. The third kappa shape index (κ3) is 2.53. The number of fused-ring (bicyclic) bond motifs is 1. The number of hydrogen-bond acceptors (Lipinski definition) is 3. The molecule has 0 fully saturated rings. The molecule has 1 N–H and O–H groups in total. The van der Waals surface area contributed by atoms with Crippen LogP contribution in [0.3, 0.4) is 0 Å². The molecule has 0 atom stereocenters. The maximum absolute atomic E-state index is 14.1. The highest BCUT2D eigenvalue weighted by Crippen LogP contribution is 2.33. The fourth-order valence-electron chi connectivity index (χ4n) is 2.14. The summed E-state index contributed by atoms with van der Waals surface area (Å²) in [5.74, 6) is -1.72. The van der Waals surface area contributed by atoms with Crippen LogP contribution in [-0.2, 0) is 5.38 Å². The number of rotatable bonds is 2. The standard InChI is InChI=1S/C13H6Cl2F3N3O2/c14-6-3-7(16)8(4-9(6)22)21-11(23)5-10(13(15,17)18)20-2-1-19-12(20)21/h1-5,22H. The summed E-state index contributed by atoms with van der Waals surface area (Å²) in [4.78, 5) is 16.0. The van der Waals surface area contributed by atoms with Gasteiger partial charge >= 0.3 is 5.38 Å². The summed E-state index contributed by atoms with van der Waals surface area (Å²) in [7, 11) is 0. The topological polar surface area (TPSA) is 59.5 Å². The minimum Gasteiger partial charge on any atom is -0.506 e. The number of nitrogens with zero attached hydrogens (tertiary/aromatic N) is 3. The van der Waals surface area contributed by atoms with Crippen molar-refractivity contribution in [3.8, 4) is 11.4 Å². The van der Waals surface area contributed by atoms with E-state index in [4.69, 9.17) is 23.2 Å². The first-order valence-corrected chi connectivity index (χ1v) is 6.80. The molecule has 0 radical (unpaired) electrons. The SMILES string of the molecule is O=c1cc(C(F)(F)Cl)n2ccnc2n1-c1cc(O)c(Cl)cc1F. The van der Waals surface area contributed by atoms with E-state index in [2.05, 4.69) is 4.98 Å². The molecule has 0 aliphatic rings. The number of imidazole rings is 1. The lowest BCUT2D eigenvalue weighted by molar-refractivity contribution is 0.0882. The molecule has 3 rings (SSSR count). The average molecular weight is 364 g/mol. The number of phenolic OH excluding ortho intramolecular Hbond substituents is 1. The van der Waals surface area contributed by atoms with Crippen LogP contribution < -0.4 is 5.56 Å². The normalized spacial score (nSPS) is 12.0. The first kappa shape index (κ1) is 15.7. The van der Waals surface area contributed by atoms with Gasteiger partial charge in [-0.25, -0.2) is 13.9 Å². The molecule has 2 heterocycles. The van der Waals surface area contributed by atoms with E-state index in [9.17, 15) is 23.1 Å². The zero-order chi connectivity index (χ0) is 16.9. The van der Waals surface area contributed by atoms with Crippen molar-refractivity contribution in [1.29, 1.82) is 0 Å². The highest BCUT2D eigenvalue weighted by Gasteiger charge is 2.32. The Balaban J connectivity index is 2.41. The van der Waals surface area contributed by atoms with Crippen molar-refractivity contribution in [3.63, 3.8) is 0 Å². The molecule has 10 heteroatoms. The summed E-state index contributed by atoms with van der Waals surface area (Å²) in [5, 5.41) is 5.52. The first-order chi connectivity index (χ1) is 10.7. The molecule has 120 valence electrons. The number of benzene rings is 1. The minimum atomic E-state index is -3.82. The van der Waals surface area contributed by atoms with Gasteiger partial charge in [0.15, 0.2) is 0 Å². The van der Waals surface area contributed by atoms with Crippen LogP contribution in [0.4, 0.5) is 13.2 Å². The average Bonchev–Trinajstić information content (AvgIpc) is 2.90. The second-order valence-corrected chi connectivity index (χ2v) is 5.44. The van der Waals surface area contributed by atoms with Crippen molar-refractivity contribution in [3.05, 3.63) is 57.5 Å². The Labute approximate surface area is 136 Å². The lowest BCUT2D eigenvalue weighted by Crippen LogP contribution is -2.25. The predicted octanol–water partition coefficient (Wildman–Crippen LogP) is 3.27. The lowest BCUT2D eigenvalue weighted by atomic mass is 10.2. The summed E-state index contributed by atoms with van der Waals surface area (Å²) in [6.45, 7) is 0. The molecule has 0 amide bonds. The van der Waals surface area contributed by atoms with Crippen molar-refractivity contribution in [2.75, 3.05) is 0 Å². The fourth-order valence-corrected chi connectivity index (χ4v) is 2.44. The van der Waals surface area contributed by atoms with E-state index in [1.54, 1.807) is 0 Å². The van der Waals surface area contributed by atoms with Crippen LogP contribution in [0.1, 0.15) is 5.69 Å².